The number of aromatic nitrogens is 3. The van der Waals surface area contributed by atoms with E-state index in [1.165, 1.54) is 4.90 Å². The Hall–Kier alpha value is -4.64. The van der Waals surface area contributed by atoms with Crippen LogP contribution in [0.4, 0.5) is 10.5 Å². The Balaban J connectivity index is 1.26. The van der Waals surface area contributed by atoms with Crippen LogP contribution < -0.4 is 5.32 Å². The summed E-state index contributed by atoms with van der Waals surface area (Å²) in [6, 6.07) is 11.7. The van der Waals surface area contributed by atoms with Gasteiger partial charge in [0.2, 0.25) is 11.8 Å². The third-order valence-corrected chi connectivity index (χ3v) is 8.31. The number of fused-ring (bicyclic) bond motifs is 2. The number of hydrogen-bond acceptors (Lipinski definition) is 6. The van der Waals surface area contributed by atoms with Crippen LogP contribution in [-0.2, 0) is 37.9 Å². The van der Waals surface area contributed by atoms with Crippen LogP contribution in [0.25, 0.3) is 22.6 Å². The van der Waals surface area contributed by atoms with Crippen LogP contribution in [-0.4, -0.2) is 59.8 Å². The average Bonchev–Trinajstić information content (AvgIpc) is 3.65. The number of carboxylic acid groups (broad SMARTS) is 1. The second-order valence-electron chi connectivity index (χ2n) is 10.5. The van der Waals surface area contributed by atoms with E-state index < -0.39 is 6.09 Å². The normalized spacial score (nSPS) is 14.1. The number of carbonyl (C=O) groups excluding carboxylic acids is 2. The zero-order chi connectivity index (χ0) is 29.7. The van der Waals surface area contributed by atoms with Gasteiger partial charge in [0.05, 0.1) is 25.3 Å². The van der Waals surface area contributed by atoms with Gasteiger partial charge in [-0.3, -0.25) is 9.59 Å². The van der Waals surface area contributed by atoms with E-state index in [1.54, 1.807) is 16.5 Å². The van der Waals surface area contributed by atoms with Crippen molar-refractivity contribution in [2.75, 3.05) is 17.7 Å². The molecule has 2 N–H and O–H groups in total. The highest BCUT2D eigenvalue weighted by atomic mass is 35.5. The molecule has 0 spiro atoms. The van der Waals surface area contributed by atoms with Crippen LogP contribution >= 0.6 is 11.6 Å². The Morgan fingerprint density at radius 3 is 2.36 bits per heavy atom. The Morgan fingerprint density at radius 1 is 0.952 bits per heavy atom. The molecule has 0 atom stereocenters. The number of imidazole rings is 1. The van der Waals surface area contributed by atoms with Crippen molar-refractivity contribution in [2.45, 2.75) is 39.9 Å². The van der Waals surface area contributed by atoms with Gasteiger partial charge in [-0.15, -0.1) is 11.6 Å². The lowest BCUT2D eigenvalue weighted by Gasteiger charge is -2.23. The molecule has 0 unspecified atom stereocenters. The van der Waals surface area contributed by atoms with E-state index in [0.717, 1.165) is 39.2 Å². The summed E-state index contributed by atoms with van der Waals surface area (Å²) in [5.74, 6) is 0.806. The number of benzene rings is 2. The smallest absolute Gasteiger partial charge is 0.407 e. The summed E-state index contributed by atoms with van der Waals surface area (Å²) in [4.78, 5) is 48.8. The second-order valence-corrected chi connectivity index (χ2v) is 10.8. The number of hydrogen-bond donors (Lipinski definition) is 2. The minimum atomic E-state index is -0.999. The van der Waals surface area contributed by atoms with E-state index >= 15 is 0 Å². The van der Waals surface area contributed by atoms with Crippen LogP contribution in [0.3, 0.4) is 0 Å². The van der Waals surface area contributed by atoms with Crippen LogP contribution in [0.2, 0.25) is 0 Å². The van der Waals surface area contributed by atoms with Crippen LogP contribution in [0.1, 0.15) is 44.6 Å². The predicted octanol–water partition coefficient (Wildman–Crippen LogP) is 4.73. The number of rotatable bonds is 5. The monoisotopic (exact) mass is 588 g/mol. The first kappa shape index (κ1) is 27.5. The Kier molecular flexibility index (Phi) is 6.97. The van der Waals surface area contributed by atoms with Crippen LogP contribution in [0.5, 0.6) is 0 Å². The summed E-state index contributed by atoms with van der Waals surface area (Å²) in [7, 11) is 1.78. The molecular weight excluding hydrogens is 560 g/mol. The van der Waals surface area contributed by atoms with Gasteiger partial charge in [0.15, 0.2) is 5.82 Å². The molecule has 2 aromatic carbocycles. The first-order chi connectivity index (χ1) is 20.2. The number of nitrogens with zero attached hydrogens (tertiary/aromatic N) is 5. The molecule has 42 heavy (non-hydrogen) atoms. The molecule has 4 heterocycles. The van der Waals surface area contributed by atoms with E-state index in [0.29, 0.717) is 49.1 Å². The van der Waals surface area contributed by atoms with E-state index in [9.17, 15) is 19.5 Å². The first-order valence-corrected chi connectivity index (χ1v) is 14.1. The topological polar surface area (TPSA) is 134 Å². The molecule has 0 aliphatic carbocycles. The minimum Gasteiger partial charge on any atom is -0.465 e. The van der Waals surface area contributed by atoms with Crippen molar-refractivity contribution in [2.24, 2.45) is 7.05 Å². The quantitative estimate of drug-likeness (QED) is 0.322. The SMILES string of the molecule is Cc1c(NC(=O)c2nc3c(n2C)CCN(C(=O)O)C3)cccc1-c1cccc(-c2nc3c(o2)CN(C(=O)CCl)C3)c1C. The van der Waals surface area contributed by atoms with E-state index in [4.69, 9.17) is 16.0 Å². The van der Waals surface area contributed by atoms with Crippen molar-refractivity contribution in [3.05, 3.63) is 76.2 Å². The number of alkyl halides is 1. The lowest BCUT2D eigenvalue weighted by atomic mass is 9.93. The number of anilines is 1. The molecule has 0 saturated carbocycles. The largest absolute Gasteiger partial charge is 0.465 e. The van der Waals surface area contributed by atoms with Gasteiger partial charge in [-0.2, -0.15) is 0 Å². The zero-order valence-corrected chi connectivity index (χ0v) is 24.2. The third kappa shape index (κ3) is 4.69. The lowest BCUT2D eigenvalue weighted by molar-refractivity contribution is -0.129. The molecular formula is C30H29ClN6O5. The maximum atomic E-state index is 13.4. The van der Waals surface area contributed by atoms with Crippen molar-refractivity contribution in [1.29, 1.82) is 0 Å². The maximum Gasteiger partial charge on any atom is 0.407 e. The summed E-state index contributed by atoms with van der Waals surface area (Å²) in [6.07, 6.45) is -0.499. The van der Waals surface area contributed by atoms with Gasteiger partial charge in [-0.1, -0.05) is 24.3 Å². The van der Waals surface area contributed by atoms with Gasteiger partial charge >= 0.3 is 6.09 Å². The molecule has 0 radical (unpaired) electrons. The fraction of sp³-hybridized carbons (Fsp3) is 0.300. The predicted molar refractivity (Wildman–Crippen MR) is 155 cm³/mol. The van der Waals surface area contributed by atoms with Crippen molar-refractivity contribution < 1.29 is 23.9 Å². The Morgan fingerprint density at radius 2 is 1.64 bits per heavy atom. The zero-order valence-electron chi connectivity index (χ0n) is 23.4. The van der Waals surface area contributed by atoms with Crippen molar-refractivity contribution >= 4 is 35.2 Å². The molecule has 2 aliphatic heterocycles. The van der Waals surface area contributed by atoms with Gasteiger partial charge < -0.3 is 29.2 Å². The third-order valence-electron chi connectivity index (χ3n) is 8.09. The molecule has 2 aromatic heterocycles. The van der Waals surface area contributed by atoms with Crippen molar-refractivity contribution in [1.82, 2.24) is 24.3 Å². The highest BCUT2D eigenvalue weighted by molar-refractivity contribution is 6.27. The highest BCUT2D eigenvalue weighted by Crippen LogP contribution is 2.37. The maximum absolute atomic E-state index is 13.4. The molecule has 12 heteroatoms. The molecule has 0 bridgehead atoms. The Bertz CT molecular complexity index is 1740. The summed E-state index contributed by atoms with van der Waals surface area (Å²) < 4.78 is 7.83. The molecule has 6 rings (SSSR count). The van der Waals surface area contributed by atoms with E-state index in [2.05, 4.69) is 15.3 Å². The highest BCUT2D eigenvalue weighted by Gasteiger charge is 2.30. The van der Waals surface area contributed by atoms with Gasteiger partial charge in [-0.25, -0.2) is 14.8 Å². The van der Waals surface area contributed by atoms with Gasteiger partial charge in [-0.05, 0) is 48.2 Å². The minimum absolute atomic E-state index is 0.0769. The number of nitrogens with one attached hydrogen (secondary N) is 1. The molecule has 2 aliphatic rings. The van der Waals surface area contributed by atoms with Crippen LogP contribution in [0.15, 0.2) is 40.8 Å². The summed E-state index contributed by atoms with van der Waals surface area (Å²) in [6.45, 7) is 5.21. The fourth-order valence-corrected chi connectivity index (χ4v) is 5.88. The lowest BCUT2D eigenvalue weighted by Crippen LogP contribution is -2.35. The summed E-state index contributed by atoms with van der Waals surface area (Å²) >= 11 is 5.70. The number of carbonyl (C=O) groups is 3. The second kappa shape index (κ2) is 10.6. The average molecular weight is 589 g/mol. The number of amides is 3. The first-order valence-electron chi connectivity index (χ1n) is 13.5. The Labute approximate surface area is 246 Å². The van der Waals surface area contributed by atoms with Gasteiger partial charge in [0, 0.05) is 37.0 Å². The van der Waals surface area contributed by atoms with Crippen molar-refractivity contribution in [3.8, 4) is 22.6 Å². The molecule has 3 amide bonds. The number of halogens is 1. The van der Waals surface area contributed by atoms with E-state index in [1.807, 2.05) is 50.2 Å². The molecule has 0 fully saturated rings. The van der Waals surface area contributed by atoms with Crippen molar-refractivity contribution in [3.63, 3.8) is 0 Å². The summed E-state index contributed by atoms with van der Waals surface area (Å²) in [5, 5.41) is 12.4. The molecule has 0 saturated heterocycles. The van der Waals surface area contributed by atoms with Gasteiger partial charge in [0.1, 0.15) is 17.3 Å². The fourth-order valence-electron chi connectivity index (χ4n) is 5.71. The molecule has 11 nitrogen and oxygen atoms in total. The van der Waals surface area contributed by atoms with Gasteiger partial charge in [0.25, 0.3) is 5.91 Å². The molecule has 216 valence electrons. The van der Waals surface area contributed by atoms with Crippen LogP contribution in [0, 0.1) is 13.8 Å². The number of oxazole rings is 1. The van der Waals surface area contributed by atoms with E-state index in [-0.39, 0.29) is 30.1 Å². The molecule has 4 aromatic rings. The summed E-state index contributed by atoms with van der Waals surface area (Å²) in [5.41, 5.74) is 7.47. The standard InChI is InChI=1S/C30H29ClN6O5/c1-16-18(6-4-8-20(16)29-34-23-14-37(26(38)12-31)15-25(23)42-29)19-7-5-9-21(17(19)2)33-28(39)27-32-22-13-36(30(40)41)11-10-24(22)35(27)3/h4-9H,10-15H2,1-3H3,(H,33,39)(H,40,41).